The summed E-state index contributed by atoms with van der Waals surface area (Å²) in [6, 6.07) is 8.04. The summed E-state index contributed by atoms with van der Waals surface area (Å²) in [5.74, 6) is 1.48. The van der Waals surface area contributed by atoms with Crippen molar-refractivity contribution in [1.29, 1.82) is 0 Å². The smallest absolute Gasteiger partial charge is 0.241 e. The van der Waals surface area contributed by atoms with Crippen molar-refractivity contribution in [3.8, 4) is 11.4 Å². The summed E-state index contributed by atoms with van der Waals surface area (Å²) in [7, 11) is 0. The van der Waals surface area contributed by atoms with Gasteiger partial charge in [0, 0.05) is 18.7 Å². The number of carbonyl (C=O) groups is 1. The van der Waals surface area contributed by atoms with E-state index in [4.69, 9.17) is 4.52 Å². The molecule has 2 aliphatic heterocycles. The number of likely N-dealkylation sites (tertiary alicyclic amines) is 2. The predicted molar refractivity (Wildman–Crippen MR) is 98.3 cm³/mol. The molecule has 1 unspecified atom stereocenters. The maximum Gasteiger partial charge on any atom is 0.241 e. The summed E-state index contributed by atoms with van der Waals surface area (Å²) in [6.45, 7) is 5.31. The van der Waals surface area contributed by atoms with Crippen molar-refractivity contribution in [3.05, 3.63) is 35.7 Å². The highest BCUT2D eigenvalue weighted by atomic mass is 16.5. The van der Waals surface area contributed by atoms with E-state index >= 15 is 0 Å². The minimum atomic E-state index is -0.0452. The molecule has 0 radical (unpaired) electrons. The van der Waals surface area contributed by atoms with Gasteiger partial charge < -0.3 is 9.42 Å². The third-order valence-electron chi connectivity index (χ3n) is 5.40. The zero-order chi connectivity index (χ0) is 17.9. The summed E-state index contributed by atoms with van der Waals surface area (Å²) in [6.07, 6.45) is 5.40. The lowest BCUT2D eigenvalue weighted by Gasteiger charge is -2.35. The molecule has 2 saturated heterocycles. The molecule has 1 atom stereocenters. The van der Waals surface area contributed by atoms with Crippen LogP contribution in [0.2, 0.25) is 0 Å². The Hall–Kier alpha value is -2.21. The molecule has 4 rings (SSSR count). The number of hydrogen-bond acceptors (Lipinski definition) is 5. The maximum atomic E-state index is 12.9. The van der Waals surface area contributed by atoms with Crippen molar-refractivity contribution >= 4 is 5.91 Å². The van der Waals surface area contributed by atoms with Gasteiger partial charge in [-0.1, -0.05) is 35.3 Å². The van der Waals surface area contributed by atoms with Gasteiger partial charge in [0.1, 0.15) is 0 Å². The van der Waals surface area contributed by atoms with Crippen LogP contribution < -0.4 is 0 Å². The van der Waals surface area contributed by atoms with Gasteiger partial charge in [0.25, 0.3) is 0 Å². The van der Waals surface area contributed by atoms with E-state index in [9.17, 15) is 4.79 Å². The van der Waals surface area contributed by atoms with Crippen LogP contribution in [0.25, 0.3) is 11.4 Å². The fourth-order valence-electron chi connectivity index (χ4n) is 4.00. The lowest BCUT2D eigenvalue weighted by Crippen LogP contribution is -2.49. The molecule has 0 bridgehead atoms. The average molecular weight is 354 g/mol. The second-order valence-corrected chi connectivity index (χ2v) is 7.40. The highest BCUT2D eigenvalue weighted by Gasteiger charge is 2.33. The number of aromatic nitrogens is 2. The minimum Gasteiger partial charge on any atom is -0.341 e. The highest BCUT2D eigenvalue weighted by molar-refractivity contribution is 5.82. The molecule has 6 heteroatoms. The van der Waals surface area contributed by atoms with Gasteiger partial charge in [-0.05, 0) is 45.2 Å². The summed E-state index contributed by atoms with van der Waals surface area (Å²) < 4.78 is 5.49. The summed E-state index contributed by atoms with van der Waals surface area (Å²) >= 11 is 0. The van der Waals surface area contributed by atoms with Gasteiger partial charge in [0.15, 0.2) is 0 Å². The molecule has 6 nitrogen and oxygen atoms in total. The van der Waals surface area contributed by atoms with E-state index in [0.29, 0.717) is 18.3 Å². The van der Waals surface area contributed by atoms with E-state index in [1.165, 1.54) is 5.56 Å². The van der Waals surface area contributed by atoms with Crippen LogP contribution in [-0.2, 0) is 11.3 Å². The summed E-state index contributed by atoms with van der Waals surface area (Å²) in [4.78, 5) is 21.7. The lowest BCUT2D eigenvalue weighted by molar-refractivity contribution is -0.137. The van der Waals surface area contributed by atoms with E-state index in [-0.39, 0.29) is 11.9 Å². The van der Waals surface area contributed by atoms with Gasteiger partial charge >= 0.3 is 0 Å². The van der Waals surface area contributed by atoms with Gasteiger partial charge in [-0.2, -0.15) is 4.98 Å². The quantitative estimate of drug-likeness (QED) is 0.844. The SMILES string of the molecule is Cc1cccc(-c2noc(CN3CCCCC3C(=O)N3CCCC3)n2)c1. The Bertz CT molecular complexity index is 767. The monoisotopic (exact) mass is 354 g/mol. The zero-order valence-corrected chi connectivity index (χ0v) is 15.4. The Labute approximate surface area is 154 Å². The first-order chi connectivity index (χ1) is 12.7. The normalized spacial score (nSPS) is 21.3. The fraction of sp³-hybridized carbons (Fsp3) is 0.550. The molecule has 0 saturated carbocycles. The number of benzene rings is 1. The molecule has 0 spiro atoms. The Balaban J connectivity index is 1.47. The van der Waals surface area contributed by atoms with Crippen molar-refractivity contribution in [3.63, 3.8) is 0 Å². The molecule has 0 aliphatic carbocycles. The predicted octanol–water partition coefficient (Wildman–Crippen LogP) is 3.02. The molecular formula is C20H26N4O2. The van der Waals surface area contributed by atoms with Crippen molar-refractivity contribution < 1.29 is 9.32 Å². The van der Waals surface area contributed by atoms with Crippen molar-refractivity contribution in [1.82, 2.24) is 19.9 Å². The molecule has 2 aliphatic rings. The van der Waals surface area contributed by atoms with Gasteiger partial charge in [-0.3, -0.25) is 9.69 Å². The number of piperidine rings is 1. The third-order valence-corrected chi connectivity index (χ3v) is 5.40. The highest BCUT2D eigenvalue weighted by Crippen LogP contribution is 2.24. The lowest BCUT2D eigenvalue weighted by atomic mass is 10.0. The van der Waals surface area contributed by atoms with Crippen LogP contribution in [0.15, 0.2) is 28.8 Å². The van der Waals surface area contributed by atoms with Crippen LogP contribution in [0, 0.1) is 6.92 Å². The number of amides is 1. The Morgan fingerprint density at radius 1 is 1.19 bits per heavy atom. The van der Waals surface area contributed by atoms with E-state index < -0.39 is 0 Å². The number of carbonyl (C=O) groups excluding carboxylic acids is 1. The molecule has 0 N–H and O–H groups in total. The summed E-state index contributed by atoms with van der Waals surface area (Å²) in [5.41, 5.74) is 2.13. The van der Waals surface area contributed by atoms with E-state index in [0.717, 1.165) is 57.3 Å². The van der Waals surface area contributed by atoms with Crippen molar-refractivity contribution in [2.24, 2.45) is 0 Å². The Morgan fingerprint density at radius 2 is 2.00 bits per heavy atom. The molecule has 26 heavy (non-hydrogen) atoms. The molecular weight excluding hydrogens is 328 g/mol. The second-order valence-electron chi connectivity index (χ2n) is 7.40. The first kappa shape index (κ1) is 17.2. The van der Waals surface area contributed by atoms with Gasteiger partial charge in [0.05, 0.1) is 12.6 Å². The summed E-state index contributed by atoms with van der Waals surface area (Å²) in [5, 5.41) is 4.13. The molecule has 3 heterocycles. The molecule has 2 aromatic rings. The van der Waals surface area contributed by atoms with Crippen LogP contribution in [0.1, 0.15) is 43.6 Å². The van der Waals surface area contributed by atoms with Crippen LogP contribution in [0.3, 0.4) is 0 Å². The van der Waals surface area contributed by atoms with E-state index in [1.807, 2.05) is 30.0 Å². The average Bonchev–Trinajstić information content (AvgIpc) is 3.34. The number of aryl methyl sites for hydroxylation is 1. The van der Waals surface area contributed by atoms with Crippen molar-refractivity contribution in [2.45, 2.75) is 51.6 Å². The van der Waals surface area contributed by atoms with Gasteiger partial charge in [0.2, 0.25) is 17.6 Å². The van der Waals surface area contributed by atoms with Crippen LogP contribution in [0.4, 0.5) is 0 Å². The standard InChI is InChI=1S/C20H26N4O2/c1-15-7-6-8-16(13-15)19-21-18(26-22-19)14-24-12-3-2-9-17(24)20(25)23-10-4-5-11-23/h6-8,13,17H,2-5,9-12,14H2,1H3. The minimum absolute atomic E-state index is 0.0452. The van der Waals surface area contributed by atoms with E-state index in [2.05, 4.69) is 21.1 Å². The molecule has 2 fully saturated rings. The van der Waals surface area contributed by atoms with Crippen molar-refractivity contribution in [2.75, 3.05) is 19.6 Å². The molecule has 1 aromatic heterocycles. The second kappa shape index (κ2) is 7.58. The number of rotatable bonds is 4. The third kappa shape index (κ3) is 3.65. The number of hydrogen-bond donors (Lipinski definition) is 0. The van der Waals surface area contributed by atoms with Crippen LogP contribution in [-0.4, -0.2) is 51.5 Å². The molecule has 138 valence electrons. The maximum absolute atomic E-state index is 12.9. The van der Waals surface area contributed by atoms with Crippen LogP contribution >= 0.6 is 0 Å². The van der Waals surface area contributed by atoms with Crippen LogP contribution in [0.5, 0.6) is 0 Å². The molecule has 1 aromatic carbocycles. The van der Waals surface area contributed by atoms with Gasteiger partial charge in [-0.15, -0.1) is 0 Å². The molecule has 1 amide bonds. The largest absolute Gasteiger partial charge is 0.341 e. The Morgan fingerprint density at radius 3 is 2.81 bits per heavy atom. The number of nitrogens with zero attached hydrogens (tertiary/aromatic N) is 4. The first-order valence-corrected chi connectivity index (χ1v) is 9.63. The zero-order valence-electron chi connectivity index (χ0n) is 15.4. The first-order valence-electron chi connectivity index (χ1n) is 9.63. The van der Waals surface area contributed by atoms with Gasteiger partial charge in [-0.25, -0.2) is 0 Å². The fourth-order valence-corrected chi connectivity index (χ4v) is 4.00. The topological polar surface area (TPSA) is 62.5 Å². The Kier molecular flexibility index (Phi) is 5.02. The van der Waals surface area contributed by atoms with E-state index in [1.54, 1.807) is 0 Å².